The highest BCUT2D eigenvalue weighted by molar-refractivity contribution is 7.46. The van der Waals surface area contributed by atoms with Crippen LogP contribution in [0.2, 0.25) is 0 Å². The molecular formula is C24H48NO4P. The Labute approximate surface area is 186 Å². The maximum Gasteiger partial charge on any atom is 0.273 e. The van der Waals surface area contributed by atoms with E-state index in [4.69, 9.17) is 9.05 Å². The number of phosphoric acid groups is 1. The van der Waals surface area contributed by atoms with Gasteiger partial charge in [0.2, 0.25) is 5.72 Å². The Kier molecular flexibility index (Phi) is 11.4. The first-order chi connectivity index (χ1) is 14.3. The number of likely N-dealkylation sites (tertiary alicyclic amines) is 1. The first-order valence-corrected chi connectivity index (χ1v) is 14.3. The lowest BCUT2D eigenvalue weighted by Gasteiger charge is -2.52. The van der Waals surface area contributed by atoms with Gasteiger partial charge in [-0.15, -0.1) is 0 Å². The molecule has 2 aliphatic rings. The lowest BCUT2D eigenvalue weighted by atomic mass is 9.95. The Morgan fingerprint density at radius 3 is 1.93 bits per heavy atom. The summed E-state index contributed by atoms with van der Waals surface area (Å²) in [6, 6.07) is 0. The molecule has 2 bridgehead atoms. The van der Waals surface area contributed by atoms with Gasteiger partial charge in [-0.05, 0) is 19.3 Å². The molecule has 3 atom stereocenters. The first kappa shape index (κ1) is 26.3. The summed E-state index contributed by atoms with van der Waals surface area (Å²) in [4.78, 5) is 12.2. The predicted octanol–water partition coefficient (Wildman–Crippen LogP) is 6.70. The standard InChI is InChI=1S/C24H48NO4P/c1-4-5-6-7-8-9-10-11-12-13-14-15-16-17-20-24-22-23(28-30(26,27)29-24)19-18-21-25(24,2)3/h23H,4-22H2,1-3H3. The number of hydrogen-bond acceptors (Lipinski definition) is 4. The van der Waals surface area contributed by atoms with E-state index < -0.39 is 13.5 Å². The topological polar surface area (TPSA) is 58.6 Å². The van der Waals surface area contributed by atoms with E-state index in [9.17, 15) is 9.46 Å². The molecule has 0 aromatic heterocycles. The van der Waals surface area contributed by atoms with Crippen LogP contribution < -0.4 is 4.89 Å². The molecule has 5 nitrogen and oxygen atoms in total. The highest BCUT2D eigenvalue weighted by Crippen LogP contribution is 2.56. The molecule has 0 amide bonds. The van der Waals surface area contributed by atoms with Crippen molar-refractivity contribution in [3.05, 3.63) is 0 Å². The quantitative estimate of drug-likeness (QED) is 0.160. The molecule has 178 valence electrons. The summed E-state index contributed by atoms with van der Waals surface area (Å²) in [5, 5.41) is 0. The third-order valence-corrected chi connectivity index (χ3v) is 8.49. The van der Waals surface area contributed by atoms with Gasteiger partial charge in [0.1, 0.15) is 0 Å². The normalized spacial score (nSPS) is 30.9. The van der Waals surface area contributed by atoms with Crippen molar-refractivity contribution < 1.29 is 23.0 Å². The van der Waals surface area contributed by atoms with E-state index >= 15 is 0 Å². The van der Waals surface area contributed by atoms with Crippen molar-refractivity contribution in [1.82, 2.24) is 0 Å². The number of phosphoric ester groups is 1. The molecule has 2 rings (SSSR count). The maximum absolute atomic E-state index is 12.2. The summed E-state index contributed by atoms with van der Waals surface area (Å²) in [5.41, 5.74) is -0.631. The summed E-state index contributed by atoms with van der Waals surface area (Å²) >= 11 is 0. The van der Waals surface area contributed by atoms with Crippen LogP contribution >= 0.6 is 7.82 Å². The van der Waals surface area contributed by atoms with Gasteiger partial charge < -0.3 is 13.9 Å². The van der Waals surface area contributed by atoms with Crippen LogP contribution in [-0.2, 0) is 13.6 Å². The Hall–Kier alpha value is 0.0700. The minimum absolute atomic E-state index is 0.200. The van der Waals surface area contributed by atoms with E-state index in [1.165, 1.54) is 77.0 Å². The summed E-state index contributed by atoms with van der Waals surface area (Å²) in [5.74, 6) is 0. The van der Waals surface area contributed by atoms with Crippen molar-refractivity contribution in [1.29, 1.82) is 0 Å². The third kappa shape index (κ3) is 8.54. The van der Waals surface area contributed by atoms with Crippen molar-refractivity contribution in [2.24, 2.45) is 0 Å². The van der Waals surface area contributed by atoms with E-state index in [2.05, 4.69) is 21.0 Å². The van der Waals surface area contributed by atoms with Crippen molar-refractivity contribution in [3.63, 3.8) is 0 Å². The molecule has 2 fully saturated rings. The van der Waals surface area contributed by atoms with E-state index in [-0.39, 0.29) is 6.10 Å². The van der Waals surface area contributed by atoms with Gasteiger partial charge in [0.15, 0.2) is 0 Å². The molecule has 3 unspecified atom stereocenters. The highest BCUT2D eigenvalue weighted by Gasteiger charge is 2.55. The average Bonchev–Trinajstić information content (AvgIpc) is 2.75. The van der Waals surface area contributed by atoms with Gasteiger partial charge in [0.05, 0.1) is 33.2 Å². The second-order valence-corrected chi connectivity index (χ2v) is 11.6. The zero-order valence-corrected chi connectivity index (χ0v) is 20.9. The van der Waals surface area contributed by atoms with Crippen molar-refractivity contribution >= 4 is 7.82 Å². The Balaban J connectivity index is 1.57. The smallest absolute Gasteiger partial charge is 0.273 e. The van der Waals surface area contributed by atoms with Crippen LogP contribution in [0.3, 0.4) is 0 Å². The van der Waals surface area contributed by atoms with Crippen LogP contribution in [0.4, 0.5) is 0 Å². The molecule has 2 aliphatic heterocycles. The fraction of sp³-hybridized carbons (Fsp3) is 1.00. The number of unbranched alkanes of at least 4 members (excludes halogenated alkanes) is 13. The number of rotatable bonds is 15. The van der Waals surface area contributed by atoms with E-state index in [0.717, 1.165) is 38.6 Å². The highest BCUT2D eigenvalue weighted by atomic mass is 31.2. The fourth-order valence-corrected chi connectivity index (χ4v) is 6.71. The minimum atomic E-state index is -4.19. The number of fused-ring (bicyclic) bond motifs is 2. The van der Waals surface area contributed by atoms with Crippen molar-refractivity contribution in [2.75, 3.05) is 20.6 Å². The summed E-state index contributed by atoms with van der Waals surface area (Å²) in [6.45, 7) is 3.22. The van der Waals surface area contributed by atoms with E-state index in [1.807, 2.05) is 0 Å². The molecule has 0 aliphatic carbocycles. The van der Waals surface area contributed by atoms with Gasteiger partial charge >= 0.3 is 0 Å². The van der Waals surface area contributed by atoms with Crippen molar-refractivity contribution in [3.8, 4) is 0 Å². The summed E-state index contributed by atoms with van der Waals surface area (Å²) in [7, 11) is 0.0539. The van der Waals surface area contributed by atoms with Crippen LogP contribution in [0.25, 0.3) is 0 Å². The van der Waals surface area contributed by atoms with Crippen LogP contribution in [0.15, 0.2) is 0 Å². The molecule has 0 saturated carbocycles. The van der Waals surface area contributed by atoms with Gasteiger partial charge in [-0.3, -0.25) is 9.09 Å². The molecule has 6 heteroatoms. The lowest BCUT2D eigenvalue weighted by molar-refractivity contribution is -0.965. The fourth-order valence-electron chi connectivity index (χ4n) is 5.32. The van der Waals surface area contributed by atoms with E-state index in [1.54, 1.807) is 0 Å². The molecule has 0 radical (unpaired) electrons. The number of quaternary nitrogens is 1. The number of hydrogen-bond donors (Lipinski definition) is 0. The van der Waals surface area contributed by atoms with Gasteiger partial charge in [0, 0.05) is 6.42 Å². The van der Waals surface area contributed by atoms with Crippen LogP contribution in [0.1, 0.15) is 122 Å². The first-order valence-electron chi connectivity index (χ1n) is 12.8. The van der Waals surface area contributed by atoms with Gasteiger partial charge in [-0.1, -0.05) is 90.4 Å². The number of nitrogens with zero attached hydrogens (tertiary/aromatic N) is 1. The summed E-state index contributed by atoms with van der Waals surface area (Å²) < 4.78 is 23.8. The Bertz CT molecular complexity index is 527. The van der Waals surface area contributed by atoms with Gasteiger partial charge in [-0.25, -0.2) is 0 Å². The zero-order valence-electron chi connectivity index (χ0n) is 20.0. The average molecular weight is 446 g/mol. The minimum Gasteiger partial charge on any atom is -0.756 e. The molecule has 0 N–H and O–H groups in total. The van der Waals surface area contributed by atoms with Crippen LogP contribution in [0.5, 0.6) is 0 Å². The predicted molar refractivity (Wildman–Crippen MR) is 122 cm³/mol. The SMILES string of the molecule is CCCCCCCCCCCCCCCCC12CC(CCC[N+]1(C)C)OP(=O)([O-])O2. The van der Waals surface area contributed by atoms with Gasteiger partial charge in [0.25, 0.3) is 7.82 Å². The maximum atomic E-state index is 12.2. The molecule has 2 saturated heterocycles. The molecule has 2 heterocycles. The molecule has 0 aromatic carbocycles. The molecular weight excluding hydrogens is 397 g/mol. The third-order valence-electron chi connectivity index (χ3n) is 7.37. The second kappa shape index (κ2) is 12.9. The van der Waals surface area contributed by atoms with Crippen LogP contribution in [-0.4, -0.2) is 37.0 Å². The molecule has 0 aromatic rings. The van der Waals surface area contributed by atoms with E-state index in [0.29, 0.717) is 10.9 Å². The van der Waals surface area contributed by atoms with Crippen LogP contribution in [0, 0.1) is 0 Å². The lowest BCUT2D eigenvalue weighted by Crippen LogP contribution is -2.62. The van der Waals surface area contributed by atoms with Gasteiger partial charge in [-0.2, -0.15) is 0 Å². The molecule has 0 spiro atoms. The summed E-state index contributed by atoms with van der Waals surface area (Å²) in [6.07, 6.45) is 21.7. The Morgan fingerprint density at radius 1 is 0.900 bits per heavy atom. The second-order valence-electron chi connectivity index (χ2n) is 10.3. The monoisotopic (exact) mass is 445 g/mol. The Morgan fingerprint density at radius 2 is 1.40 bits per heavy atom. The van der Waals surface area contributed by atoms with Crippen molar-refractivity contribution in [2.45, 2.75) is 134 Å². The molecule has 30 heavy (non-hydrogen) atoms. The largest absolute Gasteiger partial charge is 0.756 e. The zero-order chi connectivity index (χ0) is 21.9.